The quantitative estimate of drug-likeness (QED) is 0.614. The molecule has 0 unspecified atom stereocenters. The zero-order chi connectivity index (χ0) is 13.0. The molecule has 0 aliphatic heterocycles. The van der Waals surface area contributed by atoms with Gasteiger partial charge in [-0.15, -0.1) is 0 Å². The lowest BCUT2D eigenvalue weighted by Crippen LogP contribution is -2.08. The van der Waals surface area contributed by atoms with Crippen LogP contribution in [0.1, 0.15) is 16.1 Å². The molecular formula is C14H13NO3. The second-order valence-corrected chi connectivity index (χ2v) is 3.75. The molecule has 2 aromatic rings. The van der Waals surface area contributed by atoms with E-state index in [0.29, 0.717) is 17.1 Å². The maximum absolute atomic E-state index is 11.8. The van der Waals surface area contributed by atoms with Gasteiger partial charge in [0.25, 0.3) is 0 Å². The number of ether oxygens (including phenoxy) is 2. The third-order valence-corrected chi connectivity index (χ3v) is 2.42. The van der Waals surface area contributed by atoms with Crippen molar-refractivity contribution in [1.82, 2.24) is 4.98 Å². The highest BCUT2D eigenvalue weighted by Crippen LogP contribution is 2.18. The van der Waals surface area contributed by atoms with Crippen LogP contribution in [0.2, 0.25) is 0 Å². The number of carbonyl (C=O) groups excluding carboxylic acids is 1. The first-order valence-electron chi connectivity index (χ1n) is 5.48. The summed E-state index contributed by atoms with van der Waals surface area (Å²) in [4.78, 5) is 15.8. The Morgan fingerprint density at radius 3 is 2.28 bits per heavy atom. The summed E-state index contributed by atoms with van der Waals surface area (Å²) >= 11 is 0. The zero-order valence-electron chi connectivity index (χ0n) is 10.2. The largest absolute Gasteiger partial charge is 0.497 e. The van der Waals surface area contributed by atoms with Crippen LogP contribution in [0.3, 0.4) is 0 Å². The lowest BCUT2D eigenvalue weighted by Gasteiger charge is -2.05. The van der Waals surface area contributed by atoms with Gasteiger partial charge in [-0.3, -0.25) is 4.98 Å². The van der Waals surface area contributed by atoms with Gasteiger partial charge >= 0.3 is 5.97 Å². The number of nitrogens with zero attached hydrogens (tertiary/aromatic N) is 1. The van der Waals surface area contributed by atoms with E-state index in [9.17, 15) is 4.79 Å². The topological polar surface area (TPSA) is 48.4 Å². The van der Waals surface area contributed by atoms with E-state index in [4.69, 9.17) is 9.47 Å². The minimum Gasteiger partial charge on any atom is -0.497 e. The molecule has 0 atom stereocenters. The van der Waals surface area contributed by atoms with Gasteiger partial charge in [0.1, 0.15) is 11.5 Å². The summed E-state index contributed by atoms with van der Waals surface area (Å²) in [6, 6.07) is 10.3. The summed E-state index contributed by atoms with van der Waals surface area (Å²) in [5.41, 5.74) is 1.28. The van der Waals surface area contributed by atoms with Crippen molar-refractivity contribution in [1.29, 1.82) is 0 Å². The van der Waals surface area contributed by atoms with E-state index in [1.165, 1.54) is 6.20 Å². The fourth-order valence-corrected chi connectivity index (χ4v) is 1.40. The number of hydrogen-bond acceptors (Lipinski definition) is 4. The molecule has 0 fully saturated rings. The number of rotatable bonds is 3. The maximum atomic E-state index is 11.8. The molecule has 0 aliphatic rings. The van der Waals surface area contributed by atoms with Gasteiger partial charge in [-0.25, -0.2) is 4.79 Å². The summed E-state index contributed by atoms with van der Waals surface area (Å²) in [5, 5.41) is 0. The molecule has 0 radical (unpaired) electrons. The third kappa shape index (κ3) is 2.85. The summed E-state index contributed by atoms with van der Waals surface area (Å²) in [5.74, 6) is 0.765. The summed E-state index contributed by atoms with van der Waals surface area (Å²) in [6.07, 6.45) is 1.50. The first-order valence-corrected chi connectivity index (χ1v) is 5.48. The molecule has 1 heterocycles. The molecule has 92 valence electrons. The van der Waals surface area contributed by atoms with Crippen LogP contribution in [0.4, 0.5) is 0 Å². The molecule has 0 aliphatic carbocycles. The maximum Gasteiger partial charge on any atom is 0.345 e. The van der Waals surface area contributed by atoms with Gasteiger partial charge in [0.15, 0.2) is 0 Å². The van der Waals surface area contributed by atoms with Crippen molar-refractivity contribution < 1.29 is 14.3 Å². The molecule has 0 N–H and O–H groups in total. The highest BCUT2D eigenvalue weighted by molar-refractivity contribution is 5.90. The number of benzene rings is 1. The second-order valence-electron chi connectivity index (χ2n) is 3.75. The Morgan fingerprint density at radius 1 is 1.06 bits per heavy atom. The van der Waals surface area contributed by atoms with Gasteiger partial charge in [-0.05, 0) is 43.3 Å². The predicted octanol–water partition coefficient (Wildman–Crippen LogP) is 2.62. The first-order chi connectivity index (χ1) is 8.69. The van der Waals surface area contributed by atoms with Crippen LogP contribution in [0.5, 0.6) is 11.5 Å². The fraction of sp³-hybridized carbons (Fsp3) is 0.143. The van der Waals surface area contributed by atoms with Crippen LogP contribution in [0, 0.1) is 6.92 Å². The molecule has 0 bridgehead atoms. The number of pyridine rings is 1. The number of esters is 1. The van der Waals surface area contributed by atoms with E-state index < -0.39 is 5.97 Å². The number of aromatic nitrogens is 1. The minimum atomic E-state index is -0.423. The molecule has 0 spiro atoms. The Hall–Kier alpha value is -2.36. The van der Waals surface area contributed by atoms with Crippen molar-refractivity contribution in [2.24, 2.45) is 0 Å². The summed E-state index contributed by atoms with van der Waals surface area (Å²) in [6.45, 7) is 1.86. The molecule has 4 heteroatoms. The Kier molecular flexibility index (Phi) is 3.57. The van der Waals surface area contributed by atoms with E-state index in [1.54, 1.807) is 43.5 Å². The summed E-state index contributed by atoms with van der Waals surface area (Å²) < 4.78 is 10.2. The molecular weight excluding hydrogens is 230 g/mol. The van der Waals surface area contributed by atoms with Crippen molar-refractivity contribution in [3.05, 3.63) is 53.9 Å². The van der Waals surface area contributed by atoms with E-state index in [2.05, 4.69) is 4.98 Å². The third-order valence-electron chi connectivity index (χ3n) is 2.42. The Morgan fingerprint density at radius 2 is 1.72 bits per heavy atom. The number of aryl methyl sites for hydroxylation is 1. The Balaban J connectivity index is 2.08. The SMILES string of the molecule is COc1ccc(OC(=O)c2ccc(C)nc2)cc1. The van der Waals surface area contributed by atoms with Crippen molar-refractivity contribution >= 4 is 5.97 Å². The van der Waals surface area contributed by atoms with Gasteiger partial charge in [-0.2, -0.15) is 0 Å². The van der Waals surface area contributed by atoms with Gasteiger partial charge in [0.05, 0.1) is 12.7 Å². The average Bonchev–Trinajstić information content (AvgIpc) is 2.40. The molecule has 0 saturated carbocycles. The minimum absolute atomic E-state index is 0.423. The van der Waals surface area contributed by atoms with E-state index in [0.717, 1.165) is 5.69 Å². The normalized spacial score (nSPS) is 9.89. The monoisotopic (exact) mass is 243 g/mol. The van der Waals surface area contributed by atoms with Crippen LogP contribution >= 0.6 is 0 Å². The fourth-order valence-electron chi connectivity index (χ4n) is 1.40. The second kappa shape index (κ2) is 5.31. The summed E-state index contributed by atoms with van der Waals surface area (Å²) in [7, 11) is 1.58. The van der Waals surface area contributed by atoms with Crippen molar-refractivity contribution in [2.45, 2.75) is 6.92 Å². The standard InChI is InChI=1S/C14H13NO3/c1-10-3-4-11(9-15-10)14(16)18-13-7-5-12(17-2)6-8-13/h3-9H,1-2H3. The van der Waals surface area contributed by atoms with Gasteiger partial charge in [0, 0.05) is 11.9 Å². The van der Waals surface area contributed by atoms with E-state index in [-0.39, 0.29) is 0 Å². The van der Waals surface area contributed by atoms with E-state index in [1.807, 2.05) is 6.92 Å². The molecule has 18 heavy (non-hydrogen) atoms. The van der Waals surface area contributed by atoms with Gasteiger partial charge in [0.2, 0.25) is 0 Å². The van der Waals surface area contributed by atoms with Crippen LogP contribution in [0.15, 0.2) is 42.6 Å². The first kappa shape index (κ1) is 12.1. The predicted molar refractivity (Wildman–Crippen MR) is 66.9 cm³/mol. The van der Waals surface area contributed by atoms with Gasteiger partial charge < -0.3 is 9.47 Å². The number of carbonyl (C=O) groups is 1. The number of hydrogen-bond donors (Lipinski definition) is 0. The zero-order valence-corrected chi connectivity index (χ0v) is 10.2. The highest BCUT2D eigenvalue weighted by atomic mass is 16.5. The van der Waals surface area contributed by atoms with Crippen molar-refractivity contribution in [3.63, 3.8) is 0 Å². The molecule has 1 aromatic carbocycles. The van der Waals surface area contributed by atoms with Crippen LogP contribution in [-0.2, 0) is 0 Å². The van der Waals surface area contributed by atoms with Crippen molar-refractivity contribution in [3.8, 4) is 11.5 Å². The average molecular weight is 243 g/mol. The van der Waals surface area contributed by atoms with Crippen molar-refractivity contribution in [2.75, 3.05) is 7.11 Å². The van der Waals surface area contributed by atoms with Gasteiger partial charge in [-0.1, -0.05) is 0 Å². The van der Waals surface area contributed by atoms with Crippen LogP contribution < -0.4 is 9.47 Å². The Bertz CT molecular complexity index is 532. The molecule has 1 aromatic heterocycles. The van der Waals surface area contributed by atoms with Crippen LogP contribution in [0.25, 0.3) is 0 Å². The number of methoxy groups -OCH3 is 1. The Labute approximate surface area is 105 Å². The lowest BCUT2D eigenvalue weighted by atomic mass is 10.2. The van der Waals surface area contributed by atoms with E-state index >= 15 is 0 Å². The highest BCUT2D eigenvalue weighted by Gasteiger charge is 2.08. The molecule has 2 rings (SSSR count). The van der Waals surface area contributed by atoms with Crippen LogP contribution in [-0.4, -0.2) is 18.1 Å². The molecule has 4 nitrogen and oxygen atoms in total. The molecule has 0 amide bonds. The lowest BCUT2D eigenvalue weighted by molar-refractivity contribution is 0.0734. The molecule has 0 saturated heterocycles. The smallest absolute Gasteiger partial charge is 0.345 e.